The van der Waals surface area contributed by atoms with Gasteiger partial charge in [-0.2, -0.15) is 0 Å². The van der Waals surface area contributed by atoms with Gasteiger partial charge in [-0.15, -0.1) is 0 Å². The molecule has 0 bridgehead atoms. The van der Waals surface area contributed by atoms with Crippen molar-refractivity contribution in [1.29, 1.82) is 0 Å². The van der Waals surface area contributed by atoms with Crippen LogP contribution in [0.1, 0.15) is 47.6 Å². The molecule has 1 atom stereocenters. The normalized spacial score (nSPS) is 11.6. The maximum atomic E-state index is 13.6. The Morgan fingerprint density at radius 2 is 1.61 bits per heavy atom. The van der Waals surface area contributed by atoms with Gasteiger partial charge in [0.25, 0.3) is 5.91 Å². The average Bonchev–Trinajstić information content (AvgIpc) is 2.88. The van der Waals surface area contributed by atoms with Gasteiger partial charge >= 0.3 is 0 Å². The van der Waals surface area contributed by atoms with Gasteiger partial charge in [0.2, 0.25) is 5.91 Å². The molecule has 0 aliphatic heterocycles. The highest BCUT2D eigenvalue weighted by molar-refractivity contribution is 5.88. The number of carbonyl (C=O) groups excluding carboxylic acids is 2. The van der Waals surface area contributed by atoms with E-state index in [1.165, 1.54) is 5.56 Å². The third-order valence-electron chi connectivity index (χ3n) is 6.41. The van der Waals surface area contributed by atoms with Crippen molar-refractivity contribution in [2.45, 2.75) is 59.5 Å². The summed E-state index contributed by atoms with van der Waals surface area (Å²) in [6.45, 7) is 8.96. The minimum atomic E-state index is -0.651. The molecule has 0 saturated carbocycles. The summed E-state index contributed by atoms with van der Waals surface area (Å²) in [6, 6.07) is 23.1. The van der Waals surface area contributed by atoms with E-state index >= 15 is 0 Å². The van der Waals surface area contributed by atoms with Crippen LogP contribution >= 0.6 is 0 Å². The second kappa shape index (κ2) is 13.5. The van der Waals surface area contributed by atoms with Gasteiger partial charge in [-0.3, -0.25) is 9.59 Å². The topological polar surface area (TPSA) is 58.6 Å². The summed E-state index contributed by atoms with van der Waals surface area (Å²) in [5.74, 6) is 0.285. The molecule has 3 rings (SSSR count). The third-order valence-corrected chi connectivity index (χ3v) is 6.41. The van der Waals surface area contributed by atoms with Gasteiger partial charge in [-0.05, 0) is 61.6 Å². The van der Waals surface area contributed by atoms with Crippen molar-refractivity contribution in [2.75, 3.05) is 13.2 Å². The van der Waals surface area contributed by atoms with Gasteiger partial charge in [0.1, 0.15) is 11.8 Å². The van der Waals surface area contributed by atoms with Gasteiger partial charge in [0.05, 0.1) is 0 Å². The van der Waals surface area contributed by atoms with Crippen molar-refractivity contribution >= 4 is 11.8 Å². The van der Waals surface area contributed by atoms with E-state index in [2.05, 4.69) is 12.2 Å². The van der Waals surface area contributed by atoms with E-state index in [0.29, 0.717) is 25.3 Å². The summed E-state index contributed by atoms with van der Waals surface area (Å²) >= 11 is 0. The van der Waals surface area contributed by atoms with Crippen molar-refractivity contribution in [3.63, 3.8) is 0 Å². The second-order valence-corrected chi connectivity index (χ2v) is 9.39. The van der Waals surface area contributed by atoms with Gasteiger partial charge in [-0.1, -0.05) is 79.6 Å². The van der Waals surface area contributed by atoms with Crippen molar-refractivity contribution in [3.05, 3.63) is 101 Å². The zero-order valence-electron chi connectivity index (χ0n) is 21.9. The van der Waals surface area contributed by atoms with E-state index in [0.717, 1.165) is 35.1 Å². The highest BCUT2D eigenvalue weighted by Gasteiger charge is 2.30. The number of ether oxygens (including phenoxy) is 1. The fourth-order valence-electron chi connectivity index (χ4n) is 3.98. The van der Waals surface area contributed by atoms with Crippen LogP contribution in [0.3, 0.4) is 0 Å². The fourth-order valence-corrected chi connectivity index (χ4v) is 3.98. The van der Waals surface area contributed by atoms with Crippen molar-refractivity contribution in [2.24, 2.45) is 0 Å². The highest BCUT2D eigenvalue weighted by atomic mass is 16.5. The lowest BCUT2D eigenvalue weighted by molar-refractivity contribution is -0.142. The number of amides is 2. The van der Waals surface area contributed by atoms with Gasteiger partial charge in [0.15, 0.2) is 6.61 Å². The molecule has 1 unspecified atom stereocenters. The Labute approximate surface area is 215 Å². The number of aryl methyl sites for hydroxylation is 3. The number of carbonyl (C=O) groups is 2. The minimum Gasteiger partial charge on any atom is -0.484 e. The average molecular weight is 487 g/mol. The molecule has 2 amide bonds. The summed E-state index contributed by atoms with van der Waals surface area (Å²) < 4.78 is 5.90. The molecule has 0 aromatic heterocycles. The molecule has 5 heteroatoms. The molecule has 36 heavy (non-hydrogen) atoms. The highest BCUT2D eigenvalue weighted by Crippen LogP contribution is 2.19. The van der Waals surface area contributed by atoms with Crippen LogP contribution in [0, 0.1) is 20.8 Å². The molecule has 5 nitrogen and oxygen atoms in total. The lowest BCUT2D eigenvalue weighted by atomic mass is 10.0. The maximum absolute atomic E-state index is 13.6. The maximum Gasteiger partial charge on any atom is 0.261 e. The first-order valence-corrected chi connectivity index (χ1v) is 12.7. The summed E-state index contributed by atoms with van der Waals surface area (Å²) in [6.07, 6.45) is 2.31. The molecule has 0 radical (unpaired) electrons. The summed E-state index contributed by atoms with van der Waals surface area (Å²) in [7, 11) is 0. The third kappa shape index (κ3) is 7.98. The Morgan fingerprint density at radius 3 is 2.28 bits per heavy atom. The summed E-state index contributed by atoms with van der Waals surface area (Å²) in [5, 5.41) is 3.05. The van der Waals surface area contributed by atoms with Gasteiger partial charge < -0.3 is 15.0 Å². The van der Waals surface area contributed by atoms with Crippen LogP contribution in [0.5, 0.6) is 5.75 Å². The lowest BCUT2D eigenvalue weighted by Gasteiger charge is -2.31. The molecule has 0 fully saturated rings. The van der Waals surface area contributed by atoms with E-state index in [1.54, 1.807) is 4.90 Å². The van der Waals surface area contributed by atoms with Crippen LogP contribution < -0.4 is 10.1 Å². The van der Waals surface area contributed by atoms with E-state index in [4.69, 9.17) is 4.74 Å². The number of unbranched alkanes of at least 4 members (excludes halogenated alkanes) is 1. The Hall–Kier alpha value is -3.60. The molecular formula is C31H38N2O3. The van der Waals surface area contributed by atoms with Crippen molar-refractivity contribution in [3.8, 4) is 5.75 Å². The van der Waals surface area contributed by atoms with Crippen molar-refractivity contribution in [1.82, 2.24) is 10.2 Å². The molecule has 1 N–H and O–H groups in total. The van der Waals surface area contributed by atoms with Crippen LogP contribution in [0.15, 0.2) is 72.8 Å². The summed E-state index contributed by atoms with van der Waals surface area (Å²) in [5.41, 5.74) is 5.40. The minimum absolute atomic E-state index is 0.137. The molecule has 0 aliphatic carbocycles. The van der Waals surface area contributed by atoms with Crippen LogP contribution in [0.25, 0.3) is 0 Å². The number of rotatable bonds is 12. The monoisotopic (exact) mass is 486 g/mol. The van der Waals surface area contributed by atoms with Crippen molar-refractivity contribution < 1.29 is 14.3 Å². The Kier molecular flexibility index (Phi) is 10.1. The van der Waals surface area contributed by atoms with Gasteiger partial charge in [0, 0.05) is 19.5 Å². The number of benzene rings is 3. The lowest BCUT2D eigenvalue weighted by Crippen LogP contribution is -2.51. The fraction of sp³-hybridized carbons (Fsp3) is 0.355. The first kappa shape index (κ1) is 27.0. The number of nitrogens with one attached hydrogen (secondary N) is 1. The molecule has 190 valence electrons. The quantitative estimate of drug-likeness (QED) is 0.342. The SMILES string of the molecule is CCCCNC(=O)C(Cc1ccccc1)N(Cc1ccc(C)cc1)C(=O)COc1ccc(C)c(C)c1. The molecular weight excluding hydrogens is 448 g/mol. The van der Waals surface area contributed by atoms with E-state index in [-0.39, 0.29) is 18.4 Å². The standard InChI is InChI=1S/C31H38N2O3/c1-5-6-18-32-31(35)29(20-26-10-8-7-9-11-26)33(21-27-15-12-23(2)13-16-27)30(34)22-36-28-17-14-24(3)25(4)19-28/h7-17,19,29H,5-6,18,20-22H2,1-4H3,(H,32,35). The van der Waals surface area contributed by atoms with E-state index in [9.17, 15) is 9.59 Å². The first-order chi connectivity index (χ1) is 17.4. The zero-order valence-corrected chi connectivity index (χ0v) is 21.9. The summed E-state index contributed by atoms with van der Waals surface area (Å²) in [4.78, 5) is 28.7. The predicted molar refractivity (Wildman–Crippen MR) is 145 cm³/mol. The number of hydrogen-bond acceptors (Lipinski definition) is 3. The molecule has 0 saturated heterocycles. The first-order valence-electron chi connectivity index (χ1n) is 12.7. The molecule has 3 aromatic carbocycles. The number of hydrogen-bond donors (Lipinski definition) is 1. The van der Waals surface area contributed by atoms with Crippen LogP contribution in [0.4, 0.5) is 0 Å². The van der Waals surface area contributed by atoms with Gasteiger partial charge in [-0.25, -0.2) is 0 Å². The zero-order chi connectivity index (χ0) is 25.9. The smallest absolute Gasteiger partial charge is 0.261 e. The molecule has 0 aliphatic rings. The van der Waals surface area contributed by atoms with Crippen LogP contribution in [-0.4, -0.2) is 35.9 Å². The predicted octanol–water partition coefficient (Wildman–Crippen LogP) is 5.55. The van der Waals surface area contributed by atoms with Crippen LogP contribution in [-0.2, 0) is 22.6 Å². The number of nitrogens with zero attached hydrogens (tertiary/aromatic N) is 1. The molecule has 0 spiro atoms. The van der Waals surface area contributed by atoms with Crippen LogP contribution in [0.2, 0.25) is 0 Å². The Balaban J connectivity index is 1.88. The Morgan fingerprint density at radius 1 is 0.889 bits per heavy atom. The second-order valence-electron chi connectivity index (χ2n) is 9.39. The largest absolute Gasteiger partial charge is 0.484 e. The molecule has 3 aromatic rings. The van der Waals surface area contributed by atoms with E-state index in [1.807, 2.05) is 93.6 Å². The van der Waals surface area contributed by atoms with E-state index < -0.39 is 6.04 Å². The Bertz CT molecular complexity index is 1130. The molecule has 0 heterocycles.